The second-order valence-corrected chi connectivity index (χ2v) is 8.10. The number of morpholine rings is 1. The molecule has 36 heavy (non-hydrogen) atoms. The molecular formula is C23H28N10O3. The van der Waals surface area contributed by atoms with Crippen molar-refractivity contribution >= 4 is 35.9 Å². The van der Waals surface area contributed by atoms with Crippen molar-refractivity contribution in [2.24, 2.45) is 4.99 Å². The summed E-state index contributed by atoms with van der Waals surface area (Å²) in [4.78, 5) is 44.1. The first-order valence-electron chi connectivity index (χ1n) is 11.3. The first-order chi connectivity index (χ1) is 17.5. The fourth-order valence-electron chi connectivity index (χ4n) is 3.66. The van der Waals surface area contributed by atoms with Gasteiger partial charge in [0.05, 0.1) is 18.8 Å². The molecule has 0 aliphatic carbocycles. The Bertz CT molecular complexity index is 1190. The van der Waals surface area contributed by atoms with E-state index in [-0.39, 0.29) is 5.56 Å². The number of likely N-dealkylation sites (N-methyl/N-ethyl adjacent to an activating group) is 2. The first-order valence-corrected chi connectivity index (χ1v) is 11.3. The van der Waals surface area contributed by atoms with Gasteiger partial charge in [-0.05, 0) is 18.9 Å². The van der Waals surface area contributed by atoms with E-state index >= 15 is 0 Å². The molecule has 0 spiro atoms. The largest absolute Gasteiger partial charge is 0.378 e. The summed E-state index contributed by atoms with van der Waals surface area (Å²) in [5.41, 5.74) is 3.13. The normalized spacial score (nSPS) is 13.2. The highest BCUT2D eigenvalue weighted by molar-refractivity contribution is 5.92. The maximum Gasteiger partial charge on any atom is 0.277 e. The number of nitrogens with zero attached hydrogens (tertiary/aromatic N) is 9. The van der Waals surface area contributed by atoms with E-state index in [1.165, 1.54) is 12.4 Å². The lowest BCUT2D eigenvalue weighted by atomic mass is 10.2. The van der Waals surface area contributed by atoms with Crippen LogP contribution < -0.4 is 20.2 Å². The van der Waals surface area contributed by atoms with Crippen LogP contribution in [0, 0.1) is 0 Å². The van der Waals surface area contributed by atoms with Crippen molar-refractivity contribution in [1.29, 1.82) is 0 Å². The van der Waals surface area contributed by atoms with E-state index < -0.39 is 5.91 Å². The van der Waals surface area contributed by atoms with E-state index in [0.29, 0.717) is 68.5 Å². The average molecular weight is 493 g/mol. The molecule has 4 heterocycles. The van der Waals surface area contributed by atoms with Gasteiger partial charge in [0.25, 0.3) is 5.91 Å². The number of hydroxylamine groups is 1. The highest BCUT2D eigenvalue weighted by Crippen LogP contribution is 2.37. The Balaban J connectivity index is 1.59. The standard InChI is InChI=1S/C23H28N10O3/c1-24-18-20(31(2)7-8-32(3)23-26-14-17(15-27-23)22(34)30-35)28-19(16-5-4-6-25-13-16)29-21(18)33-9-11-36-12-10-33/h4-6,13-15,35H,1,7-12H2,2-3H3,(H,30,34). The van der Waals surface area contributed by atoms with Crippen LogP contribution in [0.5, 0.6) is 0 Å². The van der Waals surface area contributed by atoms with Crippen LogP contribution in [0.25, 0.3) is 11.4 Å². The summed E-state index contributed by atoms with van der Waals surface area (Å²) in [7, 11) is 3.78. The molecule has 4 rings (SSSR count). The van der Waals surface area contributed by atoms with Crippen molar-refractivity contribution in [2.75, 3.05) is 68.2 Å². The minimum atomic E-state index is -0.669. The Morgan fingerprint density at radius 2 is 1.89 bits per heavy atom. The third kappa shape index (κ3) is 5.53. The molecule has 2 N–H and O–H groups in total. The maximum absolute atomic E-state index is 11.5. The van der Waals surface area contributed by atoms with Crippen LogP contribution in [0.2, 0.25) is 0 Å². The average Bonchev–Trinajstić information content (AvgIpc) is 2.95. The predicted molar refractivity (Wildman–Crippen MR) is 135 cm³/mol. The fourth-order valence-corrected chi connectivity index (χ4v) is 3.66. The Kier molecular flexibility index (Phi) is 7.92. The number of nitrogens with one attached hydrogen (secondary N) is 1. The molecule has 1 fully saturated rings. The van der Waals surface area contributed by atoms with Crippen LogP contribution in [0.1, 0.15) is 10.4 Å². The molecule has 13 nitrogen and oxygen atoms in total. The number of rotatable bonds is 9. The van der Waals surface area contributed by atoms with Crippen molar-refractivity contribution in [2.45, 2.75) is 0 Å². The van der Waals surface area contributed by atoms with E-state index in [0.717, 1.165) is 5.56 Å². The quantitative estimate of drug-likeness (QED) is 0.252. The summed E-state index contributed by atoms with van der Waals surface area (Å²) < 4.78 is 5.52. The fraction of sp³-hybridized carbons (Fsp3) is 0.348. The van der Waals surface area contributed by atoms with Gasteiger partial charge in [-0.1, -0.05) is 0 Å². The zero-order chi connectivity index (χ0) is 25.5. The molecule has 0 unspecified atom stereocenters. The van der Waals surface area contributed by atoms with Gasteiger partial charge in [0.15, 0.2) is 17.5 Å². The minimum Gasteiger partial charge on any atom is -0.378 e. The summed E-state index contributed by atoms with van der Waals surface area (Å²) in [6.45, 7) is 7.52. The summed E-state index contributed by atoms with van der Waals surface area (Å²) in [6, 6.07) is 3.77. The van der Waals surface area contributed by atoms with E-state index in [2.05, 4.69) is 31.6 Å². The predicted octanol–water partition coefficient (Wildman–Crippen LogP) is 1.19. The van der Waals surface area contributed by atoms with Gasteiger partial charge >= 0.3 is 0 Å². The molecule has 3 aromatic rings. The number of aliphatic imine (C=N–C) groups is 1. The molecule has 0 radical (unpaired) electrons. The number of aromatic nitrogens is 5. The van der Waals surface area contributed by atoms with Gasteiger partial charge in [-0.25, -0.2) is 25.4 Å². The lowest BCUT2D eigenvalue weighted by molar-refractivity contribution is 0.0705. The number of amides is 1. The number of carbonyl (C=O) groups excluding carboxylic acids is 1. The van der Waals surface area contributed by atoms with Crippen LogP contribution >= 0.6 is 0 Å². The molecular weight excluding hydrogens is 464 g/mol. The summed E-state index contributed by atoms with van der Waals surface area (Å²) in [5, 5.41) is 8.75. The first kappa shape index (κ1) is 24.9. The van der Waals surface area contributed by atoms with Gasteiger partial charge in [-0.15, -0.1) is 0 Å². The van der Waals surface area contributed by atoms with Crippen molar-refractivity contribution < 1.29 is 14.7 Å². The number of hydrogen-bond donors (Lipinski definition) is 2. The number of pyridine rings is 1. The van der Waals surface area contributed by atoms with Gasteiger partial charge in [0.2, 0.25) is 5.95 Å². The van der Waals surface area contributed by atoms with Crippen molar-refractivity contribution in [1.82, 2.24) is 30.4 Å². The van der Waals surface area contributed by atoms with Crippen LogP contribution in [-0.2, 0) is 4.74 Å². The Labute approximate surface area is 208 Å². The maximum atomic E-state index is 11.5. The lowest BCUT2D eigenvalue weighted by Gasteiger charge is -2.31. The Morgan fingerprint density at radius 1 is 1.17 bits per heavy atom. The van der Waals surface area contributed by atoms with Crippen LogP contribution in [-0.4, -0.2) is 96.2 Å². The monoisotopic (exact) mass is 492 g/mol. The highest BCUT2D eigenvalue weighted by atomic mass is 16.5. The number of hydrogen-bond acceptors (Lipinski definition) is 12. The summed E-state index contributed by atoms with van der Waals surface area (Å²) >= 11 is 0. The van der Waals surface area contributed by atoms with E-state index in [1.54, 1.807) is 17.9 Å². The van der Waals surface area contributed by atoms with Gasteiger partial charge in [-0.3, -0.25) is 20.0 Å². The molecule has 1 amide bonds. The van der Waals surface area contributed by atoms with Gasteiger partial charge in [0.1, 0.15) is 5.69 Å². The molecule has 1 saturated heterocycles. The van der Waals surface area contributed by atoms with Gasteiger partial charge < -0.3 is 19.4 Å². The van der Waals surface area contributed by atoms with Gasteiger partial charge in [0, 0.05) is 70.6 Å². The number of carbonyl (C=O) groups is 1. The van der Waals surface area contributed by atoms with Crippen LogP contribution in [0.3, 0.4) is 0 Å². The topological polar surface area (TPSA) is 145 Å². The Hall–Kier alpha value is -4.23. The SMILES string of the molecule is C=Nc1c(N(C)CCN(C)c2ncc(C(=O)NO)cn2)nc(-c2cccnc2)nc1N1CCOCC1. The van der Waals surface area contributed by atoms with Gasteiger partial charge in [-0.2, -0.15) is 0 Å². The third-order valence-corrected chi connectivity index (χ3v) is 5.71. The van der Waals surface area contributed by atoms with Crippen LogP contribution in [0.4, 0.5) is 23.3 Å². The number of anilines is 3. The van der Waals surface area contributed by atoms with Crippen molar-refractivity contribution in [3.8, 4) is 11.4 Å². The second-order valence-electron chi connectivity index (χ2n) is 8.10. The van der Waals surface area contributed by atoms with E-state index in [9.17, 15) is 4.79 Å². The summed E-state index contributed by atoms with van der Waals surface area (Å²) in [6.07, 6.45) is 6.15. The zero-order valence-electron chi connectivity index (χ0n) is 20.2. The molecule has 0 atom stereocenters. The molecule has 3 aromatic heterocycles. The third-order valence-electron chi connectivity index (χ3n) is 5.71. The van der Waals surface area contributed by atoms with E-state index in [1.807, 2.05) is 36.0 Å². The summed E-state index contributed by atoms with van der Waals surface area (Å²) in [5.74, 6) is 1.67. The number of ether oxygens (including phenoxy) is 1. The lowest BCUT2D eigenvalue weighted by Crippen LogP contribution is -2.37. The molecule has 0 bridgehead atoms. The van der Waals surface area contributed by atoms with Crippen molar-refractivity contribution in [3.05, 3.63) is 42.5 Å². The highest BCUT2D eigenvalue weighted by Gasteiger charge is 2.23. The zero-order valence-corrected chi connectivity index (χ0v) is 20.2. The Morgan fingerprint density at radius 3 is 2.53 bits per heavy atom. The van der Waals surface area contributed by atoms with Crippen molar-refractivity contribution in [3.63, 3.8) is 0 Å². The van der Waals surface area contributed by atoms with Crippen LogP contribution in [0.15, 0.2) is 41.9 Å². The molecule has 1 aliphatic rings. The minimum absolute atomic E-state index is 0.160. The molecule has 0 aromatic carbocycles. The smallest absolute Gasteiger partial charge is 0.277 e. The molecule has 1 aliphatic heterocycles. The molecule has 0 saturated carbocycles. The second kappa shape index (κ2) is 11.5. The molecule has 13 heteroatoms. The molecule has 188 valence electrons. The van der Waals surface area contributed by atoms with E-state index in [4.69, 9.17) is 19.9 Å².